The maximum absolute atomic E-state index is 12.5. The van der Waals surface area contributed by atoms with Gasteiger partial charge in [-0.25, -0.2) is 13.1 Å². The van der Waals surface area contributed by atoms with Crippen molar-refractivity contribution in [3.8, 4) is 0 Å². The third-order valence-corrected chi connectivity index (χ3v) is 5.12. The van der Waals surface area contributed by atoms with E-state index in [4.69, 9.17) is 5.73 Å². The third-order valence-electron chi connectivity index (χ3n) is 3.44. The molecule has 1 heterocycles. The number of aromatic nitrogens is 2. The minimum atomic E-state index is -3.61. The van der Waals surface area contributed by atoms with Crippen LogP contribution >= 0.6 is 0 Å². The molecule has 7 heteroatoms. The molecule has 1 aromatic heterocycles. The summed E-state index contributed by atoms with van der Waals surface area (Å²) in [5.74, 6) is 0.0586. The van der Waals surface area contributed by atoms with E-state index in [0.717, 1.165) is 32.1 Å². The predicted octanol–water partition coefficient (Wildman–Crippen LogP) is 1.95. The van der Waals surface area contributed by atoms with Gasteiger partial charge in [0, 0.05) is 13.1 Å². The van der Waals surface area contributed by atoms with Crippen molar-refractivity contribution in [1.82, 2.24) is 14.5 Å². The molecule has 0 radical (unpaired) electrons. The van der Waals surface area contributed by atoms with E-state index in [2.05, 4.69) is 23.7 Å². The molecule has 0 saturated heterocycles. The van der Waals surface area contributed by atoms with Crippen LogP contribution in [-0.2, 0) is 17.1 Å². The summed E-state index contributed by atoms with van der Waals surface area (Å²) < 4.78 is 29.3. The lowest BCUT2D eigenvalue weighted by Gasteiger charge is -2.18. The van der Waals surface area contributed by atoms with Crippen molar-refractivity contribution in [3.63, 3.8) is 0 Å². The Kier molecular flexibility index (Phi) is 6.01. The highest BCUT2D eigenvalue weighted by molar-refractivity contribution is 7.89. The van der Waals surface area contributed by atoms with E-state index in [1.54, 1.807) is 14.0 Å². The Bertz CT molecular complexity index is 537. The van der Waals surface area contributed by atoms with Crippen molar-refractivity contribution in [1.29, 1.82) is 0 Å². The van der Waals surface area contributed by atoms with Crippen molar-refractivity contribution in [2.45, 2.75) is 63.8 Å². The number of hydrogen-bond acceptors (Lipinski definition) is 4. The number of nitrogens with zero attached hydrogens (tertiary/aromatic N) is 2. The number of aryl methyl sites for hydroxylation is 1. The first-order valence-corrected chi connectivity index (χ1v) is 8.63. The molecule has 0 amide bonds. The summed E-state index contributed by atoms with van der Waals surface area (Å²) in [4.78, 5) is 0.109. The molecule has 116 valence electrons. The average molecular weight is 302 g/mol. The number of rotatable bonds is 8. The van der Waals surface area contributed by atoms with Gasteiger partial charge in [0.1, 0.15) is 4.90 Å². The third kappa shape index (κ3) is 3.96. The lowest BCUT2D eigenvalue weighted by atomic mass is 10.1. The van der Waals surface area contributed by atoms with Gasteiger partial charge >= 0.3 is 0 Å². The number of anilines is 1. The van der Waals surface area contributed by atoms with E-state index < -0.39 is 10.0 Å². The molecular weight excluding hydrogens is 276 g/mol. The second-order valence-electron chi connectivity index (χ2n) is 5.17. The van der Waals surface area contributed by atoms with Gasteiger partial charge in [-0.15, -0.1) is 0 Å². The number of nitrogens with two attached hydrogens (primary N) is 1. The Hall–Kier alpha value is -1.08. The largest absolute Gasteiger partial charge is 0.381 e. The van der Waals surface area contributed by atoms with Crippen LogP contribution in [0.25, 0.3) is 0 Å². The molecule has 1 atom stereocenters. The number of hydrogen-bond donors (Lipinski definition) is 2. The van der Waals surface area contributed by atoms with Crippen molar-refractivity contribution >= 4 is 15.8 Å². The van der Waals surface area contributed by atoms with E-state index in [1.807, 2.05) is 0 Å². The predicted molar refractivity (Wildman–Crippen MR) is 80.9 cm³/mol. The van der Waals surface area contributed by atoms with Crippen molar-refractivity contribution in [2.24, 2.45) is 7.05 Å². The fraction of sp³-hybridized carbons (Fsp3) is 0.769. The maximum Gasteiger partial charge on any atom is 0.246 e. The van der Waals surface area contributed by atoms with Crippen LogP contribution in [0.15, 0.2) is 4.90 Å². The number of sulfonamides is 1. The van der Waals surface area contributed by atoms with Crippen molar-refractivity contribution in [3.05, 3.63) is 5.69 Å². The van der Waals surface area contributed by atoms with Gasteiger partial charge in [-0.3, -0.25) is 4.68 Å². The highest BCUT2D eigenvalue weighted by Gasteiger charge is 2.26. The van der Waals surface area contributed by atoms with Crippen LogP contribution in [0.2, 0.25) is 0 Å². The lowest BCUT2D eigenvalue weighted by molar-refractivity contribution is 0.483. The topological polar surface area (TPSA) is 90.0 Å². The molecule has 0 aromatic carbocycles. The SMILES string of the molecule is CCCCC(CCC)NS(=O)(=O)c1c(N)nn(C)c1C. The molecule has 0 bridgehead atoms. The zero-order chi connectivity index (χ0) is 15.3. The van der Waals surface area contributed by atoms with Gasteiger partial charge in [0.05, 0.1) is 5.69 Å². The van der Waals surface area contributed by atoms with Crippen LogP contribution in [0.4, 0.5) is 5.82 Å². The van der Waals surface area contributed by atoms with Gasteiger partial charge in [-0.05, 0) is 19.8 Å². The van der Waals surface area contributed by atoms with Crippen LogP contribution in [0.3, 0.4) is 0 Å². The van der Waals surface area contributed by atoms with Crippen LogP contribution in [0.1, 0.15) is 51.6 Å². The summed E-state index contributed by atoms with van der Waals surface area (Å²) in [6, 6.07) is -0.0380. The monoisotopic (exact) mass is 302 g/mol. The molecule has 0 spiro atoms. The first kappa shape index (κ1) is 17.0. The second kappa shape index (κ2) is 7.08. The number of nitrogen functional groups attached to an aromatic ring is 1. The highest BCUT2D eigenvalue weighted by atomic mass is 32.2. The molecule has 0 saturated carbocycles. The van der Waals surface area contributed by atoms with Gasteiger partial charge in [0.25, 0.3) is 0 Å². The number of nitrogens with one attached hydrogen (secondary N) is 1. The van der Waals surface area contributed by atoms with E-state index in [-0.39, 0.29) is 16.8 Å². The average Bonchev–Trinajstić information content (AvgIpc) is 2.60. The maximum atomic E-state index is 12.5. The summed E-state index contributed by atoms with van der Waals surface area (Å²) in [7, 11) is -1.93. The zero-order valence-corrected chi connectivity index (χ0v) is 13.6. The first-order chi connectivity index (χ1) is 9.33. The molecule has 0 aliphatic heterocycles. The Balaban J connectivity index is 2.97. The van der Waals surface area contributed by atoms with E-state index in [9.17, 15) is 8.42 Å². The summed E-state index contributed by atoms with van der Waals surface area (Å²) in [6.07, 6.45) is 4.68. The normalized spacial score (nSPS) is 13.6. The van der Waals surface area contributed by atoms with Gasteiger partial charge in [0.2, 0.25) is 10.0 Å². The van der Waals surface area contributed by atoms with Crippen molar-refractivity contribution < 1.29 is 8.42 Å². The Labute approximate surface area is 121 Å². The minimum Gasteiger partial charge on any atom is -0.381 e. The molecule has 1 unspecified atom stereocenters. The van der Waals surface area contributed by atoms with Crippen molar-refractivity contribution in [2.75, 3.05) is 5.73 Å². The quantitative estimate of drug-likeness (QED) is 0.768. The molecule has 3 N–H and O–H groups in total. The molecule has 0 aliphatic rings. The first-order valence-electron chi connectivity index (χ1n) is 7.14. The Morgan fingerprint density at radius 2 is 1.95 bits per heavy atom. The van der Waals surface area contributed by atoms with E-state index in [1.165, 1.54) is 4.68 Å². The molecule has 0 fully saturated rings. The molecule has 0 aliphatic carbocycles. The van der Waals surface area contributed by atoms with Crippen LogP contribution in [0, 0.1) is 6.92 Å². The second-order valence-corrected chi connectivity index (χ2v) is 6.82. The fourth-order valence-corrected chi connectivity index (χ4v) is 3.92. The summed E-state index contributed by atoms with van der Waals surface area (Å²) in [6.45, 7) is 5.86. The summed E-state index contributed by atoms with van der Waals surface area (Å²) in [5.41, 5.74) is 6.28. The van der Waals surface area contributed by atoms with Gasteiger partial charge in [0.15, 0.2) is 5.82 Å². The molecule has 6 nitrogen and oxygen atoms in total. The Morgan fingerprint density at radius 3 is 2.40 bits per heavy atom. The smallest absolute Gasteiger partial charge is 0.246 e. The zero-order valence-electron chi connectivity index (χ0n) is 12.8. The van der Waals surface area contributed by atoms with Crippen LogP contribution in [-0.4, -0.2) is 24.2 Å². The summed E-state index contributed by atoms with van der Waals surface area (Å²) in [5, 5.41) is 3.97. The molecule has 20 heavy (non-hydrogen) atoms. The molecule has 1 aromatic rings. The number of unbranched alkanes of at least 4 members (excludes halogenated alkanes) is 1. The minimum absolute atomic E-state index is 0.0380. The standard InChI is InChI=1S/C13H26N4O2S/c1-5-7-9-11(8-6-2)16-20(18,19)12-10(3)17(4)15-13(12)14/h11,16H,5-9H2,1-4H3,(H2,14,15). The van der Waals surface area contributed by atoms with Crippen LogP contribution < -0.4 is 10.5 Å². The highest BCUT2D eigenvalue weighted by Crippen LogP contribution is 2.22. The Morgan fingerprint density at radius 1 is 1.30 bits per heavy atom. The van der Waals surface area contributed by atoms with Gasteiger partial charge in [-0.1, -0.05) is 33.1 Å². The summed E-state index contributed by atoms with van der Waals surface area (Å²) >= 11 is 0. The van der Waals surface area contributed by atoms with Crippen LogP contribution in [0.5, 0.6) is 0 Å². The lowest BCUT2D eigenvalue weighted by Crippen LogP contribution is -2.35. The molecular formula is C13H26N4O2S. The molecule has 1 rings (SSSR count). The van der Waals surface area contributed by atoms with E-state index >= 15 is 0 Å². The van der Waals surface area contributed by atoms with Gasteiger partial charge < -0.3 is 5.73 Å². The fourth-order valence-electron chi connectivity index (χ4n) is 2.29. The van der Waals surface area contributed by atoms with E-state index in [0.29, 0.717) is 5.69 Å². The van der Waals surface area contributed by atoms with Gasteiger partial charge in [-0.2, -0.15) is 5.10 Å².